The van der Waals surface area contributed by atoms with Gasteiger partial charge < -0.3 is 4.74 Å². The summed E-state index contributed by atoms with van der Waals surface area (Å²) in [4.78, 5) is 11.5. The molecule has 0 unspecified atom stereocenters. The average molecular weight is 322 g/mol. The summed E-state index contributed by atoms with van der Waals surface area (Å²) < 4.78 is 7.01. The lowest BCUT2D eigenvalue weighted by Gasteiger charge is -2.06. The maximum Gasteiger partial charge on any atom is 0.305 e. The van der Waals surface area contributed by atoms with Crippen molar-refractivity contribution in [2.24, 2.45) is 0 Å². The van der Waals surface area contributed by atoms with Gasteiger partial charge in [-0.1, -0.05) is 42.5 Å². The molecule has 124 valence electrons. The van der Waals surface area contributed by atoms with E-state index < -0.39 is 0 Å². The maximum absolute atomic E-state index is 11.5. The number of fused-ring (bicyclic) bond motifs is 1. The molecule has 0 aliphatic heterocycles. The van der Waals surface area contributed by atoms with Crippen LogP contribution < -0.4 is 0 Å². The van der Waals surface area contributed by atoms with E-state index in [1.165, 1.54) is 11.1 Å². The van der Waals surface area contributed by atoms with Crippen LogP contribution >= 0.6 is 0 Å². The predicted molar refractivity (Wildman–Crippen MR) is 94.8 cm³/mol. The zero-order valence-corrected chi connectivity index (χ0v) is 13.9. The third-order valence-corrected chi connectivity index (χ3v) is 4.09. The molecule has 0 saturated carbocycles. The summed E-state index contributed by atoms with van der Waals surface area (Å²) in [5, 5.41) is 5.71. The van der Waals surface area contributed by atoms with Gasteiger partial charge in [0.15, 0.2) is 0 Å². The summed E-state index contributed by atoms with van der Waals surface area (Å²) in [6.07, 6.45) is 4.04. The first-order valence-electron chi connectivity index (χ1n) is 8.41. The van der Waals surface area contributed by atoms with Gasteiger partial charge in [-0.3, -0.25) is 9.48 Å². The Labute approximate surface area is 142 Å². The van der Waals surface area contributed by atoms with Crippen LogP contribution in [0.5, 0.6) is 0 Å². The number of benzene rings is 2. The van der Waals surface area contributed by atoms with Crippen molar-refractivity contribution in [3.8, 4) is 0 Å². The smallest absolute Gasteiger partial charge is 0.305 e. The predicted octanol–water partition coefficient (Wildman–Crippen LogP) is 3.97. The van der Waals surface area contributed by atoms with E-state index in [-0.39, 0.29) is 5.97 Å². The topological polar surface area (TPSA) is 44.1 Å². The van der Waals surface area contributed by atoms with Crippen molar-refractivity contribution < 1.29 is 9.53 Å². The highest BCUT2D eigenvalue weighted by Crippen LogP contribution is 2.21. The number of carbonyl (C=O) groups excluding carboxylic acids is 1. The quantitative estimate of drug-likeness (QED) is 0.618. The molecule has 0 spiro atoms. The number of aromatic nitrogens is 2. The molecule has 2 aromatic carbocycles. The van der Waals surface area contributed by atoms with Gasteiger partial charge in [0.2, 0.25) is 0 Å². The Morgan fingerprint density at radius 3 is 2.75 bits per heavy atom. The molecule has 1 heterocycles. The molecule has 0 saturated heterocycles. The summed E-state index contributed by atoms with van der Waals surface area (Å²) in [5.41, 5.74) is 3.60. The monoisotopic (exact) mass is 322 g/mol. The largest absolute Gasteiger partial charge is 0.466 e. The van der Waals surface area contributed by atoms with E-state index in [1.54, 1.807) is 0 Å². The average Bonchev–Trinajstić information content (AvgIpc) is 3.00. The molecule has 0 radical (unpaired) electrons. The van der Waals surface area contributed by atoms with Crippen LogP contribution in [-0.2, 0) is 22.5 Å². The summed E-state index contributed by atoms with van der Waals surface area (Å²) in [7, 11) is 0. The van der Waals surface area contributed by atoms with E-state index in [1.807, 2.05) is 36.0 Å². The van der Waals surface area contributed by atoms with Crippen molar-refractivity contribution in [1.82, 2.24) is 9.78 Å². The molecule has 0 aliphatic carbocycles. The van der Waals surface area contributed by atoms with Gasteiger partial charge in [0.25, 0.3) is 0 Å². The Morgan fingerprint density at radius 2 is 1.96 bits per heavy atom. The van der Waals surface area contributed by atoms with E-state index in [2.05, 4.69) is 35.4 Å². The lowest BCUT2D eigenvalue weighted by molar-refractivity contribution is -0.143. The van der Waals surface area contributed by atoms with Crippen LogP contribution in [0.25, 0.3) is 10.9 Å². The second-order valence-electron chi connectivity index (χ2n) is 5.80. The second-order valence-corrected chi connectivity index (χ2v) is 5.80. The van der Waals surface area contributed by atoms with Gasteiger partial charge in [0, 0.05) is 11.8 Å². The summed E-state index contributed by atoms with van der Waals surface area (Å²) in [6, 6.07) is 16.6. The Bertz CT molecular complexity index is 809. The van der Waals surface area contributed by atoms with Gasteiger partial charge >= 0.3 is 5.97 Å². The molecule has 3 aromatic rings. The minimum atomic E-state index is -0.121. The Balaban J connectivity index is 1.73. The van der Waals surface area contributed by atoms with Crippen molar-refractivity contribution in [3.05, 3.63) is 65.9 Å². The van der Waals surface area contributed by atoms with Gasteiger partial charge in [0.05, 0.1) is 24.9 Å². The molecule has 4 nitrogen and oxygen atoms in total. The van der Waals surface area contributed by atoms with E-state index in [0.29, 0.717) is 13.0 Å². The third-order valence-electron chi connectivity index (χ3n) is 4.09. The SMILES string of the molecule is CCOC(=O)CCCc1cccc2c1cnn2Cc1ccccc1. The molecule has 0 fully saturated rings. The molecule has 0 aliphatic rings. The fraction of sp³-hybridized carbons (Fsp3) is 0.300. The minimum Gasteiger partial charge on any atom is -0.466 e. The first-order valence-corrected chi connectivity index (χ1v) is 8.41. The zero-order chi connectivity index (χ0) is 16.8. The van der Waals surface area contributed by atoms with Crippen LogP contribution in [0.15, 0.2) is 54.7 Å². The molecule has 0 bridgehead atoms. The fourth-order valence-electron chi connectivity index (χ4n) is 2.92. The van der Waals surface area contributed by atoms with Crippen LogP contribution in [0.3, 0.4) is 0 Å². The van der Waals surface area contributed by atoms with Crippen LogP contribution in [0, 0.1) is 0 Å². The van der Waals surface area contributed by atoms with Crippen molar-refractivity contribution >= 4 is 16.9 Å². The van der Waals surface area contributed by atoms with Crippen molar-refractivity contribution in [2.45, 2.75) is 32.7 Å². The molecule has 24 heavy (non-hydrogen) atoms. The van der Waals surface area contributed by atoms with Crippen LogP contribution in [-0.4, -0.2) is 22.4 Å². The summed E-state index contributed by atoms with van der Waals surface area (Å²) in [5.74, 6) is -0.121. The second kappa shape index (κ2) is 7.77. The minimum absolute atomic E-state index is 0.121. The molecule has 0 N–H and O–H groups in total. The van der Waals surface area contributed by atoms with Crippen molar-refractivity contribution in [1.29, 1.82) is 0 Å². The van der Waals surface area contributed by atoms with Crippen LogP contribution in [0.1, 0.15) is 30.9 Å². The molecule has 0 atom stereocenters. The van der Waals surface area contributed by atoms with Crippen LogP contribution in [0.4, 0.5) is 0 Å². The molecule has 0 amide bonds. The Kier molecular flexibility index (Phi) is 5.26. The lowest BCUT2D eigenvalue weighted by atomic mass is 10.0. The normalized spacial score (nSPS) is 10.9. The van der Waals surface area contributed by atoms with Gasteiger partial charge in [-0.05, 0) is 37.0 Å². The lowest BCUT2D eigenvalue weighted by Crippen LogP contribution is -2.04. The number of carbonyl (C=O) groups is 1. The van der Waals surface area contributed by atoms with Gasteiger partial charge in [0.1, 0.15) is 0 Å². The zero-order valence-electron chi connectivity index (χ0n) is 13.9. The highest BCUT2D eigenvalue weighted by Gasteiger charge is 2.08. The van der Waals surface area contributed by atoms with E-state index in [4.69, 9.17) is 4.74 Å². The Hall–Kier alpha value is -2.62. The van der Waals surface area contributed by atoms with Crippen LogP contribution in [0.2, 0.25) is 0 Å². The van der Waals surface area contributed by atoms with Gasteiger partial charge in [-0.25, -0.2) is 0 Å². The maximum atomic E-state index is 11.5. The highest BCUT2D eigenvalue weighted by atomic mass is 16.5. The number of rotatable bonds is 7. The molecular weight excluding hydrogens is 300 g/mol. The molecular formula is C20H22N2O2. The Morgan fingerprint density at radius 1 is 1.12 bits per heavy atom. The number of ether oxygens (including phenoxy) is 1. The van der Waals surface area contributed by atoms with Gasteiger partial charge in [-0.15, -0.1) is 0 Å². The molecule has 1 aromatic heterocycles. The van der Waals surface area contributed by atoms with Crippen molar-refractivity contribution in [2.75, 3.05) is 6.61 Å². The standard InChI is InChI=1S/C20H22N2O2/c1-2-24-20(23)13-7-11-17-10-6-12-19-18(17)14-21-22(19)15-16-8-4-3-5-9-16/h3-6,8-10,12,14H,2,7,11,13,15H2,1H3. The first-order chi connectivity index (χ1) is 11.8. The highest BCUT2D eigenvalue weighted by molar-refractivity contribution is 5.82. The van der Waals surface area contributed by atoms with E-state index >= 15 is 0 Å². The third kappa shape index (κ3) is 3.82. The fourth-order valence-corrected chi connectivity index (χ4v) is 2.92. The summed E-state index contributed by atoms with van der Waals surface area (Å²) >= 11 is 0. The molecule has 3 rings (SSSR count). The number of esters is 1. The van der Waals surface area contributed by atoms with Crippen molar-refractivity contribution in [3.63, 3.8) is 0 Å². The first kappa shape index (κ1) is 16.2. The number of hydrogen-bond acceptors (Lipinski definition) is 3. The van der Waals surface area contributed by atoms with E-state index in [0.717, 1.165) is 30.3 Å². The number of nitrogens with zero attached hydrogens (tertiary/aromatic N) is 2. The summed E-state index contributed by atoms with van der Waals surface area (Å²) in [6.45, 7) is 3.04. The number of aryl methyl sites for hydroxylation is 1. The van der Waals surface area contributed by atoms with Gasteiger partial charge in [-0.2, -0.15) is 5.10 Å². The number of hydrogen-bond donors (Lipinski definition) is 0. The van der Waals surface area contributed by atoms with E-state index in [9.17, 15) is 4.79 Å². The molecule has 4 heteroatoms.